The number of amides is 2. The fourth-order valence-electron chi connectivity index (χ4n) is 2.05. The molecular formula is C13H15N3O5. The third-order valence-corrected chi connectivity index (χ3v) is 3.02. The van der Waals surface area contributed by atoms with Crippen molar-refractivity contribution in [2.75, 3.05) is 25.1 Å². The molecule has 1 aliphatic rings. The van der Waals surface area contributed by atoms with Crippen LogP contribution in [0.2, 0.25) is 0 Å². The van der Waals surface area contributed by atoms with E-state index in [4.69, 9.17) is 4.74 Å². The number of anilines is 1. The van der Waals surface area contributed by atoms with E-state index in [1.807, 2.05) is 6.92 Å². The predicted octanol–water partition coefficient (Wildman–Crippen LogP) is 0.912. The van der Waals surface area contributed by atoms with Crippen LogP contribution in [-0.4, -0.2) is 41.4 Å². The van der Waals surface area contributed by atoms with E-state index < -0.39 is 16.7 Å². The van der Waals surface area contributed by atoms with E-state index in [1.165, 1.54) is 6.07 Å². The lowest BCUT2D eigenvalue weighted by molar-refractivity contribution is -0.384. The topological polar surface area (TPSA) is 102 Å². The van der Waals surface area contributed by atoms with Gasteiger partial charge in [0.1, 0.15) is 18.9 Å². The Morgan fingerprint density at radius 3 is 2.57 bits per heavy atom. The normalized spacial score (nSPS) is 15.2. The van der Waals surface area contributed by atoms with Crippen molar-refractivity contribution >= 4 is 23.2 Å². The van der Waals surface area contributed by atoms with Gasteiger partial charge in [0, 0.05) is 12.6 Å². The molecule has 1 aliphatic heterocycles. The average Bonchev–Trinajstić information content (AvgIpc) is 2.44. The maximum absolute atomic E-state index is 11.6. The number of nitrogens with one attached hydrogen (secondary N) is 1. The molecule has 0 saturated carbocycles. The Labute approximate surface area is 120 Å². The molecule has 1 aromatic carbocycles. The first kappa shape index (κ1) is 14.9. The number of ether oxygens (including phenoxy) is 1. The fourth-order valence-corrected chi connectivity index (χ4v) is 2.05. The molecule has 0 aliphatic carbocycles. The van der Waals surface area contributed by atoms with Gasteiger partial charge in [0.15, 0.2) is 0 Å². The van der Waals surface area contributed by atoms with E-state index in [1.54, 1.807) is 12.1 Å². The highest BCUT2D eigenvalue weighted by Gasteiger charge is 2.27. The Morgan fingerprint density at radius 1 is 1.33 bits per heavy atom. The second kappa shape index (κ2) is 6.31. The van der Waals surface area contributed by atoms with Gasteiger partial charge in [-0.2, -0.15) is 0 Å². The summed E-state index contributed by atoms with van der Waals surface area (Å²) < 4.78 is 4.82. The second-order valence-corrected chi connectivity index (χ2v) is 4.51. The summed E-state index contributed by atoms with van der Waals surface area (Å²) in [4.78, 5) is 34.9. The minimum Gasteiger partial charge on any atom is -0.380 e. The smallest absolute Gasteiger partial charge is 0.292 e. The summed E-state index contributed by atoms with van der Waals surface area (Å²) >= 11 is 0. The van der Waals surface area contributed by atoms with Crippen LogP contribution in [0, 0.1) is 10.1 Å². The molecule has 0 atom stereocenters. The monoisotopic (exact) mass is 293 g/mol. The highest BCUT2D eigenvalue weighted by molar-refractivity contribution is 5.98. The van der Waals surface area contributed by atoms with Gasteiger partial charge in [0.05, 0.1) is 11.5 Å². The summed E-state index contributed by atoms with van der Waals surface area (Å²) in [6, 6.07) is 4.60. The molecule has 8 heteroatoms. The molecule has 1 fully saturated rings. The van der Waals surface area contributed by atoms with E-state index in [-0.39, 0.29) is 25.4 Å². The number of carbonyl (C=O) groups excluding carboxylic acids is 2. The van der Waals surface area contributed by atoms with Gasteiger partial charge in [0.25, 0.3) is 17.5 Å². The Balaban J connectivity index is 2.24. The molecule has 0 bridgehead atoms. The zero-order chi connectivity index (χ0) is 15.4. The number of imide groups is 1. The SMILES string of the molecule is CCNc1ccc(CN2C(=O)COCC2=O)cc1[N+](=O)[O-]. The Morgan fingerprint density at radius 2 is 2.00 bits per heavy atom. The first-order chi connectivity index (χ1) is 10.0. The Hall–Kier alpha value is -2.48. The van der Waals surface area contributed by atoms with E-state index in [0.717, 1.165) is 4.90 Å². The van der Waals surface area contributed by atoms with E-state index in [9.17, 15) is 19.7 Å². The van der Waals surface area contributed by atoms with Gasteiger partial charge >= 0.3 is 0 Å². The number of morpholine rings is 1. The molecule has 8 nitrogen and oxygen atoms in total. The predicted molar refractivity (Wildman–Crippen MR) is 73.6 cm³/mol. The average molecular weight is 293 g/mol. The van der Waals surface area contributed by atoms with E-state index in [2.05, 4.69) is 5.32 Å². The van der Waals surface area contributed by atoms with Crippen molar-refractivity contribution in [1.29, 1.82) is 0 Å². The first-order valence-electron chi connectivity index (χ1n) is 6.45. The standard InChI is InChI=1S/C13H15N3O5/c1-2-14-10-4-3-9(5-11(10)16(19)20)6-15-12(17)7-21-8-13(15)18/h3-5,14H,2,6-8H2,1H3. The fraction of sp³-hybridized carbons (Fsp3) is 0.385. The van der Waals surface area contributed by atoms with Gasteiger partial charge in [-0.05, 0) is 18.6 Å². The quantitative estimate of drug-likeness (QED) is 0.492. The largest absolute Gasteiger partial charge is 0.380 e. The molecular weight excluding hydrogens is 278 g/mol. The number of carbonyl (C=O) groups is 2. The lowest BCUT2D eigenvalue weighted by Gasteiger charge is -2.24. The molecule has 2 rings (SSSR count). The van der Waals surface area contributed by atoms with Crippen molar-refractivity contribution in [1.82, 2.24) is 4.90 Å². The van der Waals surface area contributed by atoms with Crippen molar-refractivity contribution < 1.29 is 19.2 Å². The van der Waals surface area contributed by atoms with Crippen molar-refractivity contribution in [2.45, 2.75) is 13.5 Å². The minimum atomic E-state index is -0.496. The third-order valence-electron chi connectivity index (χ3n) is 3.02. The van der Waals surface area contributed by atoms with Gasteiger partial charge in [-0.15, -0.1) is 0 Å². The lowest BCUT2D eigenvalue weighted by atomic mass is 10.1. The van der Waals surface area contributed by atoms with Crippen LogP contribution >= 0.6 is 0 Å². The summed E-state index contributed by atoms with van der Waals surface area (Å²) in [6.07, 6.45) is 0. The van der Waals surface area contributed by atoms with Gasteiger partial charge in [-0.25, -0.2) is 0 Å². The van der Waals surface area contributed by atoms with Crippen molar-refractivity contribution in [3.05, 3.63) is 33.9 Å². The molecule has 0 radical (unpaired) electrons. The summed E-state index contributed by atoms with van der Waals surface area (Å²) in [5.74, 6) is -0.880. The van der Waals surface area contributed by atoms with Crippen LogP contribution < -0.4 is 5.32 Å². The number of hydrogen-bond acceptors (Lipinski definition) is 6. The molecule has 0 spiro atoms. The highest BCUT2D eigenvalue weighted by Crippen LogP contribution is 2.26. The van der Waals surface area contributed by atoms with E-state index >= 15 is 0 Å². The van der Waals surface area contributed by atoms with Gasteiger partial charge in [-0.3, -0.25) is 24.6 Å². The minimum absolute atomic E-state index is 0.00821. The van der Waals surface area contributed by atoms with Crippen molar-refractivity contribution in [2.24, 2.45) is 0 Å². The van der Waals surface area contributed by atoms with Crippen LogP contribution in [0.4, 0.5) is 11.4 Å². The summed E-state index contributed by atoms with van der Waals surface area (Å²) in [5.41, 5.74) is 0.848. The lowest BCUT2D eigenvalue weighted by Crippen LogP contribution is -2.45. The highest BCUT2D eigenvalue weighted by atomic mass is 16.6. The molecule has 1 aromatic rings. The van der Waals surface area contributed by atoms with Crippen LogP contribution in [-0.2, 0) is 20.9 Å². The third kappa shape index (κ3) is 3.34. The van der Waals surface area contributed by atoms with Crippen LogP contribution in [0.3, 0.4) is 0 Å². The summed E-state index contributed by atoms with van der Waals surface area (Å²) in [6.45, 7) is 2.10. The molecule has 1 N–H and O–H groups in total. The van der Waals surface area contributed by atoms with Gasteiger partial charge < -0.3 is 10.1 Å². The van der Waals surface area contributed by atoms with Crippen molar-refractivity contribution in [3.63, 3.8) is 0 Å². The summed E-state index contributed by atoms with van der Waals surface area (Å²) in [5, 5.41) is 14.0. The molecule has 0 aromatic heterocycles. The maximum Gasteiger partial charge on any atom is 0.292 e. The number of hydrogen-bond donors (Lipinski definition) is 1. The van der Waals surface area contributed by atoms with Crippen molar-refractivity contribution in [3.8, 4) is 0 Å². The zero-order valence-corrected chi connectivity index (χ0v) is 11.5. The number of benzene rings is 1. The number of nitro groups is 1. The van der Waals surface area contributed by atoms with E-state index in [0.29, 0.717) is 17.8 Å². The van der Waals surface area contributed by atoms with Crippen LogP contribution in [0.15, 0.2) is 18.2 Å². The number of nitro benzene ring substituents is 1. The van der Waals surface area contributed by atoms with Gasteiger partial charge in [0.2, 0.25) is 0 Å². The molecule has 21 heavy (non-hydrogen) atoms. The molecule has 1 heterocycles. The van der Waals surface area contributed by atoms with Crippen LogP contribution in [0.5, 0.6) is 0 Å². The molecule has 112 valence electrons. The zero-order valence-electron chi connectivity index (χ0n) is 11.5. The number of nitrogens with zero attached hydrogens (tertiary/aromatic N) is 2. The maximum atomic E-state index is 11.6. The number of rotatable bonds is 5. The summed E-state index contributed by atoms with van der Waals surface area (Å²) in [7, 11) is 0. The van der Waals surface area contributed by atoms with Gasteiger partial charge in [-0.1, -0.05) is 6.07 Å². The molecule has 0 unspecified atom stereocenters. The Kier molecular flexibility index (Phi) is 4.49. The van der Waals surface area contributed by atoms with Crippen LogP contribution in [0.25, 0.3) is 0 Å². The van der Waals surface area contributed by atoms with Crippen LogP contribution in [0.1, 0.15) is 12.5 Å². The Bertz CT molecular complexity index is 571. The second-order valence-electron chi connectivity index (χ2n) is 4.51. The molecule has 1 saturated heterocycles. The molecule has 2 amide bonds. The first-order valence-corrected chi connectivity index (χ1v) is 6.45.